The lowest BCUT2D eigenvalue weighted by atomic mass is 9.62. The molecule has 5 fully saturated rings. The Morgan fingerprint density at radius 1 is 0.929 bits per heavy atom. The Hall–Kier alpha value is -3.85. The number of aliphatic hydroxyl groups is 5. The fourth-order valence-electron chi connectivity index (χ4n) is 9.04. The Bertz CT molecular complexity index is 1800. The number of benzene rings is 2. The van der Waals surface area contributed by atoms with E-state index in [0.29, 0.717) is 12.8 Å². The van der Waals surface area contributed by atoms with Gasteiger partial charge in [0.15, 0.2) is 18.1 Å². The average Bonchev–Trinajstić information content (AvgIpc) is 3.87. The molecule has 11 unspecified atom stereocenters. The summed E-state index contributed by atoms with van der Waals surface area (Å²) in [6.45, 7) is -0.728. The SMILES string of the molecule is O=C(CCNC(=O)C12CC3OC(=O)C1N(Cc1ccccc1C=CCOC1OC(CO)C(O)C(O)C1O)OC2C1OC2(Cc4ccccc4C2)OC31)NCCO. The minimum Gasteiger partial charge on any atom is -0.458 e. The van der Waals surface area contributed by atoms with Crippen LogP contribution >= 0.6 is 0 Å². The van der Waals surface area contributed by atoms with Gasteiger partial charge in [0.25, 0.3) is 0 Å². The van der Waals surface area contributed by atoms with E-state index < -0.39 is 90.8 Å². The minimum atomic E-state index is -1.57. The van der Waals surface area contributed by atoms with Crippen LogP contribution in [0.25, 0.3) is 6.08 Å². The van der Waals surface area contributed by atoms with Crippen LogP contribution in [-0.2, 0) is 62.3 Å². The zero-order valence-corrected chi connectivity index (χ0v) is 30.5. The third kappa shape index (κ3) is 6.94. The van der Waals surface area contributed by atoms with E-state index in [9.17, 15) is 34.8 Å². The summed E-state index contributed by atoms with van der Waals surface area (Å²) >= 11 is 0. The van der Waals surface area contributed by atoms with Crippen molar-refractivity contribution in [2.45, 2.75) is 99.2 Å². The lowest BCUT2D eigenvalue weighted by Crippen LogP contribution is -2.69. The van der Waals surface area contributed by atoms with Gasteiger partial charge in [-0.1, -0.05) is 60.7 Å². The molecule has 4 aliphatic heterocycles. The molecular formula is C39H47N3O14. The first kappa shape index (κ1) is 39.0. The Balaban J connectivity index is 1.03. The maximum atomic E-state index is 14.5. The van der Waals surface area contributed by atoms with Gasteiger partial charge in [-0.25, -0.2) is 0 Å². The van der Waals surface area contributed by atoms with Crippen molar-refractivity contribution in [1.82, 2.24) is 15.7 Å². The van der Waals surface area contributed by atoms with E-state index in [4.69, 9.17) is 33.6 Å². The number of ether oxygens (including phenoxy) is 5. The molecule has 6 aliphatic rings. The van der Waals surface area contributed by atoms with Crippen molar-refractivity contribution in [3.8, 4) is 0 Å². The van der Waals surface area contributed by atoms with E-state index in [1.165, 1.54) is 5.06 Å². The number of hydrogen-bond donors (Lipinski definition) is 7. The zero-order valence-electron chi connectivity index (χ0n) is 30.5. The number of nitrogens with zero attached hydrogens (tertiary/aromatic N) is 1. The normalized spacial score (nSPS) is 35.3. The molecule has 2 aliphatic carbocycles. The molecule has 2 amide bonds. The summed E-state index contributed by atoms with van der Waals surface area (Å²) in [5.74, 6) is -2.48. The fourth-order valence-corrected chi connectivity index (χ4v) is 9.04. The van der Waals surface area contributed by atoms with E-state index in [1.807, 2.05) is 48.5 Å². The van der Waals surface area contributed by atoms with Crippen LogP contribution in [-0.4, -0.2) is 148 Å². The van der Waals surface area contributed by atoms with Crippen molar-refractivity contribution in [3.05, 3.63) is 76.9 Å². The largest absolute Gasteiger partial charge is 0.458 e. The predicted octanol–water partition coefficient (Wildman–Crippen LogP) is -1.79. The molecule has 4 saturated heterocycles. The molecule has 2 aromatic carbocycles. The highest BCUT2D eigenvalue weighted by atomic mass is 16.8. The van der Waals surface area contributed by atoms with Crippen molar-refractivity contribution in [3.63, 3.8) is 0 Å². The van der Waals surface area contributed by atoms with Gasteiger partial charge < -0.3 is 59.9 Å². The summed E-state index contributed by atoms with van der Waals surface area (Å²) in [4.78, 5) is 47.6. The predicted molar refractivity (Wildman–Crippen MR) is 190 cm³/mol. The summed E-state index contributed by atoms with van der Waals surface area (Å²) in [6.07, 6.45) is -5.75. The summed E-state index contributed by atoms with van der Waals surface area (Å²) in [5.41, 5.74) is 2.18. The van der Waals surface area contributed by atoms with E-state index >= 15 is 0 Å². The van der Waals surface area contributed by atoms with Gasteiger partial charge in [-0.15, -0.1) is 0 Å². The summed E-state index contributed by atoms with van der Waals surface area (Å²) in [5, 5.41) is 56.0. The summed E-state index contributed by atoms with van der Waals surface area (Å²) in [6, 6.07) is 14.1. The molecule has 11 atom stereocenters. The Morgan fingerprint density at radius 3 is 2.41 bits per heavy atom. The van der Waals surface area contributed by atoms with Gasteiger partial charge in [0.1, 0.15) is 54.2 Å². The Labute approximate surface area is 322 Å². The number of esters is 1. The van der Waals surface area contributed by atoms with Gasteiger partial charge in [-0.2, -0.15) is 5.06 Å². The van der Waals surface area contributed by atoms with Crippen LogP contribution in [0.3, 0.4) is 0 Å². The first-order valence-corrected chi connectivity index (χ1v) is 19.0. The maximum absolute atomic E-state index is 14.5. The molecule has 1 spiro atoms. The molecule has 302 valence electrons. The first-order chi connectivity index (χ1) is 27.1. The van der Waals surface area contributed by atoms with E-state index in [2.05, 4.69) is 10.6 Å². The number of amides is 2. The van der Waals surface area contributed by atoms with E-state index in [-0.39, 0.29) is 51.6 Å². The van der Waals surface area contributed by atoms with Crippen LogP contribution < -0.4 is 10.6 Å². The van der Waals surface area contributed by atoms with Crippen LogP contribution in [0.5, 0.6) is 0 Å². The summed E-state index contributed by atoms with van der Waals surface area (Å²) < 4.78 is 30.6. The van der Waals surface area contributed by atoms with Crippen molar-refractivity contribution in [1.29, 1.82) is 0 Å². The number of hydrogen-bond acceptors (Lipinski definition) is 15. The van der Waals surface area contributed by atoms with Gasteiger partial charge in [0, 0.05) is 38.8 Å². The van der Waals surface area contributed by atoms with Crippen molar-refractivity contribution >= 4 is 23.9 Å². The lowest BCUT2D eigenvalue weighted by Gasteiger charge is -2.48. The number of aliphatic hydroxyl groups excluding tert-OH is 5. The monoisotopic (exact) mass is 781 g/mol. The molecule has 17 heteroatoms. The highest BCUT2D eigenvalue weighted by Crippen LogP contribution is 2.58. The fraction of sp³-hybridized carbons (Fsp3) is 0.564. The molecule has 2 bridgehead atoms. The second-order valence-electron chi connectivity index (χ2n) is 15.1. The molecule has 7 N–H and O–H groups in total. The Morgan fingerprint density at radius 2 is 1.66 bits per heavy atom. The average molecular weight is 782 g/mol. The zero-order chi connectivity index (χ0) is 39.2. The van der Waals surface area contributed by atoms with Gasteiger partial charge in [-0.3, -0.25) is 19.2 Å². The van der Waals surface area contributed by atoms with Gasteiger partial charge in [0.05, 0.1) is 26.4 Å². The standard InChI is InChI=1S/C39H47N3O14/c43-14-13-40-27(45)11-12-41-37(50)39-18-25-31-32(55-38(54-31)16-22-7-2-3-8-23(22)17-38)34(39)56-42(33(39)35(49)52-25)19-24-9-4-1-6-21(24)10-5-15-51-36-30(48)29(47)28(46)26(20-44)53-36/h1-10,25-26,28-34,36,43-44,46-48H,11-20H2,(H,40,45)(H,41,50). The molecule has 17 nitrogen and oxygen atoms in total. The van der Waals surface area contributed by atoms with Crippen LogP contribution in [0.15, 0.2) is 54.6 Å². The number of hydroxylamine groups is 2. The number of carbonyl (C=O) groups excluding carboxylic acids is 3. The number of nitrogens with one attached hydrogen (secondary N) is 2. The molecule has 1 saturated carbocycles. The van der Waals surface area contributed by atoms with E-state index in [1.54, 1.807) is 12.2 Å². The quantitative estimate of drug-likeness (QED) is 0.111. The third-order valence-electron chi connectivity index (χ3n) is 11.7. The number of rotatable bonds is 13. The second-order valence-corrected chi connectivity index (χ2v) is 15.1. The molecular weight excluding hydrogens is 734 g/mol. The minimum absolute atomic E-state index is 0.0134. The molecule has 4 heterocycles. The molecule has 0 radical (unpaired) electrons. The first-order valence-electron chi connectivity index (χ1n) is 19.0. The highest BCUT2D eigenvalue weighted by molar-refractivity contribution is 5.94. The van der Waals surface area contributed by atoms with Gasteiger partial charge >= 0.3 is 5.97 Å². The van der Waals surface area contributed by atoms with Crippen molar-refractivity contribution in [2.75, 3.05) is 32.9 Å². The maximum Gasteiger partial charge on any atom is 0.327 e. The van der Waals surface area contributed by atoms with Gasteiger partial charge in [-0.05, 0) is 22.3 Å². The van der Waals surface area contributed by atoms with Crippen molar-refractivity contribution < 1.29 is 68.4 Å². The molecule has 56 heavy (non-hydrogen) atoms. The van der Waals surface area contributed by atoms with Crippen LogP contribution in [0.4, 0.5) is 0 Å². The Kier molecular flexibility index (Phi) is 11.0. The number of carbonyl (C=O) groups is 3. The van der Waals surface area contributed by atoms with Crippen molar-refractivity contribution in [2.24, 2.45) is 5.41 Å². The number of fused-ring (bicyclic) bond motifs is 5. The van der Waals surface area contributed by atoms with E-state index in [0.717, 1.165) is 22.3 Å². The van der Waals surface area contributed by atoms with Gasteiger partial charge in [0.2, 0.25) is 11.8 Å². The second kappa shape index (κ2) is 15.8. The van der Waals surface area contributed by atoms with Crippen LogP contribution in [0, 0.1) is 5.41 Å². The van der Waals surface area contributed by atoms with Crippen LogP contribution in [0.2, 0.25) is 0 Å². The smallest absolute Gasteiger partial charge is 0.327 e. The molecule has 0 aromatic heterocycles. The summed E-state index contributed by atoms with van der Waals surface area (Å²) in [7, 11) is 0. The third-order valence-corrected chi connectivity index (χ3v) is 11.7. The highest BCUT2D eigenvalue weighted by Gasteiger charge is 2.76. The molecule has 2 aromatic rings. The van der Waals surface area contributed by atoms with Crippen LogP contribution in [0.1, 0.15) is 35.1 Å². The molecule has 8 rings (SSSR count). The lowest BCUT2D eigenvalue weighted by molar-refractivity contribution is -0.298. The topological polar surface area (TPSA) is 235 Å².